The molecule has 0 radical (unpaired) electrons. The maximum atomic E-state index is 7.70. The predicted octanol–water partition coefficient (Wildman–Crippen LogP) is 12.4. The zero-order chi connectivity index (χ0) is 53.6. The Balaban J connectivity index is 1.07. The van der Waals surface area contributed by atoms with Crippen molar-refractivity contribution in [2.75, 3.05) is 19.8 Å². The van der Waals surface area contributed by atoms with E-state index < -0.39 is 54.8 Å². The Hall–Kier alpha value is -6.68. The average Bonchev–Trinajstić information content (AvgIpc) is 4.06. The molecule has 2 saturated heterocycles. The monoisotopic (exact) mass is 1060 g/mol. The number of ether oxygens (including phenoxy) is 11. The quantitative estimate of drug-likeness (QED) is 0.0448. The molecule has 10 rings (SSSR count). The maximum absolute atomic E-state index is 7.70. The average molecular weight is 1060 g/mol. The number of hydrogen-bond donors (Lipinski definition) is 0. The van der Waals surface area contributed by atoms with Crippen LogP contribution in [-0.2, 0) is 105 Å². The number of hydrogen-bond acceptors (Lipinski definition) is 11. The van der Waals surface area contributed by atoms with Crippen molar-refractivity contribution in [1.29, 1.82) is 0 Å². The predicted molar refractivity (Wildman–Crippen MR) is 301 cm³/mol. The van der Waals surface area contributed by atoms with Crippen LogP contribution in [0.4, 0.5) is 0 Å². The molecule has 408 valence electrons. The molecule has 0 N–H and O–H groups in total. The van der Waals surface area contributed by atoms with Gasteiger partial charge in [-0.3, -0.25) is 0 Å². The van der Waals surface area contributed by atoms with Crippen molar-refractivity contribution in [2.45, 2.75) is 108 Å². The Labute approximate surface area is 464 Å². The van der Waals surface area contributed by atoms with Gasteiger partial charge in [-0.1, -0.05) is 243 Å². The Morgan fingerprint density at radius 2 is 0.595 bits per heavy atom. The highest BCUT2D eigenvalue weighted by Crippen LogP contribution is 2.42. The lowest BCUT2D eigenvalue weighted by Crippen LogP contribution is -2.64. The van der Waals surface area contributed by atoms with Crippen LogP contribution >= 0.6 is 0 Å². The second kappa shape index (κ2) is 29.5. The van der Waals surface area contributed by atoms with Gasteiger partial charge in [0.05, 0.1) is 66.1 Å². The summed E-state index contributed by atoms with van der Waals surface area (Å²) in [6, 6.07) is 80.5. The van der Waals surface area contributed by atoms with Crippen LogP contribution in [0.25, 0.3) is 0 Å². The lowest BCUT2D eigenvalue weighted by molar-refractivity contribution is -0.398. The molecular formula is C68H70O11. The molecule has 0 aliphatic carbocycles. The van der Waals surface area contributed by atoms with Crippen molar-refractivity contribution < 1.29 is 52.1 Å². The first-order valence-electron chi connectivity index (χ1n) is 27.3. The molecule has 0 unspecified atom stereocenters. The lowest BCUT2D eigenvalue weighted by Gasteiger charge is -2.48. The van der Waals surface area contributed by atoms with Gasteiger partial charge in [0, 0.05) is 0 Å². The molecule has 9 atom stereocenters. The molecule has 0 bridgehead atoms. The van der Waals surface area contributed by atoms with Crippen molar-refractivity contribution >= 4 is 0 Å². The SMILES string of the molecule is c1ccc(COC[C@H]2O[C@](COCc3ccccc3)(O[C@H]3O[C@H](COCc4ccccc4)[C@@H](OCc4ccccc4)[C@H](OCc4ccccc4)[C@@H]3OCc3ccccc3)[C@@H](OCc3ccccc3)[C@@H]2OCc2ccccc2)cc1. The summed E-state index contributed by atoms with van der Waals surface area (Å²) >= 11 is 0. The molecule has 0 amide bonds. The number of rotatable bonds is 29. The van der Waals surface area contributed by atoms with Crippen molar-refractivity contribution in [1.82, 2.24) is 0 Å². The van der Waals surface area contributed by atoms with E-state index in [1.54, 1.807) is 0 Å². The van der Waals surface area contributed by atoms with Gasteiger partial charge in [0.1, 0.15) is 49.3 Å². The normalized spacial score (nSPS) is 22.9. The van der Waals surface area contributed by atoms with Gasteiger partial charge in [0.15, 0.2) is 6.29 Å². The molecule has 0 spiro atoms. The van der Waals surface area contributed by atoms with Gasteiger partial charge in [0.25, 0.3) is 0 Å². The molecule has 2 heterocycles. The lowest BCUT2D eigenvalue weighted by atomic mass is 9.97. The van der Waals surface area contributed by atoms with Gasteiger partial charge in [0.2, 0.25) is 5.79 Å². The van der Waals surface area contributed by atoms with E-state index in [0.717, 1.165) is 44.5 Å². The first-order valence-corrected chi connectivity index (χ1v) is 27.3. The van der Waals surface area contributed by atoms with Crippen LogP contribution in [0, 0.1) is 0 Å². The van der Waals surface area contributed by atoms with Crippen LogP contribution in [0.2, 0.25) is 0 Å². The van der Waals surface area contributed by atoms with E-state index in [1.807, 2.05) is 243 Å². The molecule has 2 fully saturated rings. The van der Waals surface area contributed by atoms with Crippen LogP contribution in [-0.4, -0.2) is 74.6 Å². The van der Waals surface area contributed by atoms with Gasteiger partial charge >= 0.3 is 0 Å². The van der Waals surface area contributed by atoms with Crippen LogP contribution in [0.3, 0.4) is 0 Å². The highest BCUT2D eigenvalue weighted by atomic mass is 16.8. The van der Waals surface area contributed by atoms with Crippen molar-refractivity contribution in [2.24, 2.45) is 0 Å². The standard InChI is InChI=1S/C68H70O11/c1-9-25-52(26-10-1)41-69-49-60-62(72-44-55-31-15-4-16-32-55)64(74-46-57-35-19-6-20-36-57)65(75-47-58-37-21-7-22-38-58)67(77-60)79-68(51-71-43-54-29-13-3-14-30-54)66(76-48-59-39-23-8-24-40-59)63(73-45-56-33-17-5-18-34-56)61(78-68)50-70-42-53-27-11-2-12-28-53/h1-40,60-67H,41-51H2/t60-,61-,62-,63-,64+,65+,66+,67-,68-/m1/s1. The Morgan fingerprint density at radius 3 is 0.987 bits per heavy atom. The molecule has 0 saturated carbocycles. The summed E-state index contributed by atoms with van der Waals surface area (Å²) in [5, 5.41) is 0. The van der Waals surface area contributed by atoms with Gasteiger partial charge in [-0.05, 0) is 44.5 Å². The summed E-state index contributed by atoms with van der Waals surface area (Å²) in [6.07, 6.45) is -6.80. The van der Waals surface area contributed by atoms with Crippen molar-refractivity contribution in [3.63, 3.8) is 0 Å². The van der Waals surface area contributed by atoms with Gasteiger partial charge in [-0.2, -0.15) is 0 Å². The Bertz CT molecular complexity index is 2910. The van der Waals surface area contributed by atoms with Gasteiger partial charge in [-0.25, -0.2) is 0 Å². The van der Waals surface area contributed by atoms with E-state index >= 15 is 0 Å². The second-order valence-corrected chi connectivity index (χ2v) is 19.9. The Kier molecular flexibility index (Phi) is 20.8. The topological polar surface area (TPSA) is 102 Å². The van der Waals surface area contributed by atoms with E-state index in [-0.39, 0.29) is 59.5 Å². The molecular weight excluding hydrogens is 993 g/mol. The minimum Gasteiger partial charge on any atom is -0.374 e. The molecule has 8 aromatic rings. The molecule has 2 aliphatic rings. The maximum Gasteiger partial charge on any atom is 0.224 e. The van der Waals surface area contributed by atoms with E-state index in [2.05, 4.69) is 0 Å². The molecule has 11 heteroatoms. The first kappa shape index (κ1) is 55.6. The van der Waals surface area contributed by atoms with Crippen LogP contribution in [0.5, 0.6) is 0 Å². The van der Waals surface area contributed by atoms with E-state index in [0.29, 0.717) is 13.2 Å². The fourth-order valence-corrected chi connectivity index (χ4v) is 9.94. The van der Waals surface area contributed by atoms with Crippen molar-refractivity contribution in [3.8, 4) is 0 Å². The Morgan fingerprint density at radius 1 is 0.291 bits per heavy atom. The zero-order valence-electron chi connectivity index (χ0n) is 44.5. The summed E-state index contributed by atoms with van der Waals surface area (Å²) in [5.41, 5.74) is 7.86. The second-order valence-electron chi connectivity index (χ2n) is 19.9. The third-order valence-electron chi connectivity index (χ3n) is 14.0. The summed E-state index contributed by atoms with van der Waals surface area (Å²) < 4.78 is 78.1. The van der Waals surface area contributed by atoms with Crippen LogP contribution in [0.1, 0.15) is 44.5 Å². The summed E-state index contributed by atoms with van der Waals surface area (Å²) in [5.74, 6) is -1.72. The van der Waals surface area contributed by atoms with E-state index in [4.69, 9.17) is 52.1 Å². The molecule has 8 aromatic carbocycles. The smallest absolute Gasteiger partial charge is 0.224 e. The van der Waals surface area contributed by atoms with Crippen LogP contribution < -0.4 is 0 Å². The third kappa shape index (κ3) is 16.2. The number of benzene rings is 8. The van der Waals surface area contributed by atoms with Gasteiger partial charge in [-0.15, -0.1) is 0 Å². The van der Waals surface area contributed by atoms with E-state index in [1.165, 1.54) is 0 Å². The molecule has 79 heavy (non-hydrogen) atoms. The minimum atomic E-state index is -1.72. The summed E-state index contributed by atoms with van der Waals surface area (Å²) in [7, 11) is 0. The van der Waals surface area contributed by atoms with E-state index in [9.17, 15) is 0 Å². The fraction of sp³-hybridized carbons (Fsp3) is 0.294. The molecule has 2 aliphatic heterocycles. The highest BCUT2D eigenvalue weighted by molar-refractivity contribution is 5.20. The summed E-state index contributed by atoms with van der Waals surface area (Å²) in [4.78, 5) is 0. The molecule has 0 aromatic heterocycles. The summed E-state index contributed by atoms with van der Waals surface area (Å²) in [6.45, 7) is 2.26. The largest absolute Gasteiger partial charge is 0.374 e. The third-order valence-corrected chi connectivity index (χ3v) is 14.0. The first-order chi connectivity index (χ1) is 39.1. The molecule has 11 nitrogen and oxygen atoms in total. The minimum absolute atomic E-state index is 0.106. The van der Waals surface area contributed by atoms with Gasteiger partial charge < -0.3 is 52.1 Å². The zero-order valence-corrected chi connectivity index (χ0v) is 44.5. The highest BCUT2D eigenvalue weighted by Gasteiger charge is 2.62. The van der Waals surface area contributed by atoms with Crippen LogP contribution in [0.15, 0.2) is 243 Å². The fourth-order valence-electron chi connectivity index (χ4n) is 9.94. The van der Waals surface area contributed by atoms with Crippen molar-refractivity contribution in [3.05, 3.63) is 287 Å².